The Balaban J connectivity index is 0.983. The summed E-state index contributed by atoms with van der Waals surface area (Å²) in [5, 5.41) is 14.5. The van der Waals surface area contributed by atoms with E-state index in [0.29, 0.717) is 76.2 Å². The second-order valence-electron chi connectivity index (χ2n) is 18.3. The number of carbonyl (C=O) groups excluding carboxylic acids is 1. The molecule has 326 valence electrons. The van der Waals surface area contributed by atoms with Crippen LogP contribution in [0, 0.1) is 31.4 Å². The number of imidazole rings is 1. The summed E-state index contributed by atoms with van der Waals surface area (Å²) in [5.74, 6) is -0.797. The number of aromatic amines is 1. The van der Waals surface area contributed by atoms with Crippen LogP contribution in [0.2, 0.25) is 0 Å². The number of rotatable bonds is 7. The van der Waals surface area contributed by atoms with Crippen LogP contribution in [0.1, 0.15) is 89.2 Å². The van der Waals surface area contributed by atoms with Crippen LogP contribution in [0.25, 0.3) is 39.0 Å². The normalized spacial score (nSPS) is 21.3. The van der Waals surface area contributed by atoms with Gasteiger partial charge in [-0.2, -0.15) is 10.2 Å². The minimum absolute atomic E-state index is 0.0104. The number of aromatic nitrogens is 9. The highest BCUT2D eigenvalue weighted by molar-refractivity contribution is 5.99. The molecule has 7 heterocycles. The van der Waals surface area contributed by atoms with E-state index in [-0.39, 0.29) is 40.9 Å². The van der Waals surface area contributed by atoms with Crippen molar-refractivity contribution in [2.75, 3.05) is 13.2 Å². The first-order valence-corrected chi connectivity index (χ1v) is 21.8. The number of ether oxygens (including phenoxy) is 1. The monoisotopic (exact) mass is 866 g/mol. The lowest BCUT2D eigenvalue weighted by atomic mass is 9.87. The highest BCUT2D eigenvalue weighted by Gasteiger charge is 2.59. The molecule has 15 nitrogen and oxygen atoms in total. The van der Waals surface area contributed by atoms with Gasteiger partial charge in [-0.15, -0.1) is 0 Å². The van der Waals surface area contributed by atoms with Crippen molar-refractivity contribution in [3.8, 4) is 17.2 Å². The van der Waals surface area contributed by atoms with E-state index in [1.165, 1.54) is 27.1 Å². The Morgan fingerprint density at radius 2 is 1.72 bits per heavy atom. The van der Waals surface area contributed by atoms with Gasteiger partial charge in [-0.1, -0.05) is 18.1 Å². The molecule has 3 atom stereocenters. The van der Waals surface area contributed by atoms with Crippen LogP contribution >= 0.6 is 0 Å². The lowest BCUT2D eigenvalue weighted by Gasteiger charge is -2.30. The second-order valence-corrected chi connectivity index (χ2v) is 18.3. The first-order chi connectivity index (χ1) is 30.8. The van der Waals surface area contributed by atoms with Crippen molar-refractivity contribution >= 4 is 27.7 Å². The van der Waals surface area contributed by atoms with Crippen LogP contribution in [-0.4, -0.2) is 73.0 Å². The smallest absolute Gasteiger partial charge is 0.375 e. The number of nitrogens with one attached hydrogen (secondary N) is 1. The molecular weight excluding hydrogens is 823 g/mol. The van der Waals surface area contributed by atoms with Gasteiger partial charge in [0.15, 0.2) is 11.6 Å². The Morgan fingerprint density at radius 3 is 2.45 bits per heavy atom. The second kappa shape index (κ2) is 13.6. The van der Waals surface area contributed by atoms with Gasteiger partial charge >= 0.3 is 11.4 Å². The number of amides is 1. The molecule has 4 aliphatic rings. The largest absolute Gasteiger partial charge is 0.438 e. The predicted molar refractivity (Wildman–Crippen MR) is 230 cm³/mol. The Kier molecular flexibility index (Phi) is 8.22. The van der Waals surface area contributed by atoms with Gasteiger partial charge in [-0.25, -0.2) is 23.1 Å². The summed E-state index contributed by atoms with van der Waals surface area (Å²) in [6.45, 7) is 6.53. The number of hydrogen-bond donors (Lipinski definition) is 1. The van der Waals surface area contributed by atoms with Crippen molar-refractivity contribution in [2.45, 2.75) is 82.9 Å². The van der Waals surface area contributed by atoms with Crippen LogP contribution in [0.3, 0.4) is 0 Å². The van der Waals surface area contributed by atoms with Gasteiger partial charge in [-0.05, 0) is 117 Å². The Labute approximate surface area is 363 Å². The summed E-state index contributed by atoms with van der Waals surface area (Å²) in [7, 11) is 1.72. The summed E-state index contributed by atoms with van der Waals surface area (Å²) in [6, 6.07) is 15.0. The summed E-state index contributed by atoms with van der Waals surface area (Å²) in [4.78, 5) is 46.9. The van der Waals surface area contributed by atoms with Gasteiger partial charge in [0.2, 0.25) is 0 Å². The summed E-state index contributed by atoms with van der Waals surface area (Å²) in [6.07, 6.45) is 9.52. The maximum Gasteiger partial charge on any atom is 0.438 e. The minimum Gasteiger partial charge on any atom is -0.375 e. The number of fused-ring (bicyclic) bond motifs is 3. The van der Waals surface area contributed by atoms with Crippen molar-refractivity contribution < 1.29 is 22.8 Å². The van der Waals surface area contributed by atoms with Crippen molar-refractivity contribution in [2.24, 2.45) is 13.0 Å². The van der Waals surface area contributed by atoms with Gasteiger partial charge in [-0.3, -0.25) is 28.1 Å². The third-order valence-corrected chi connectivity index (χ3v) is 14.4. The molecule has 12 rings (SSSR count). The molecule has 1 spiro atoms. The fraction of sp³-hybridized carbons (Fsp3) is 0.362. The molecule has 0 unspecified atom stereocenters. The number of nitrogens with zero attached hydrogens (tertiary/aromatic N) is 9. The van der Waals surface area contributed by atoms with Gasteiger partial charge < -0.3 is 14.2 Å². The summed E-state index contributed by atoms with van der Waals surface area (Å²) < 4.78 is 50.2. The summed E-state index contributed by atoms with van der Waals surface area (Å²) >= 11 is 0. The third kappa shape index (κ3) is 5.64. The van der Waals surface area contributed by atoms with Crippen molar-refractivity contribution in [1.29, 1.82) is 0 Å². The van der Waals surface area contributed by atoms with Crippen LogP contribution in [0.4, 0.5) is 8.78 Å². The molecule has 1 saturated heterocycles. The molecule has 0 bridgehead atoms. The molecule has 1 amide bonds. The van der Waals surface area contributed by atoms with Crippen LogP contribution in [0.5, 0.6) is 0 Å². The van der Waals surface area contributed by atoms with Crippen molar-refractivity contribution in [1.82, 2.24) is 48.3 Å². The van der Waals surface area contributed by atoms with Gasteiger partial charge in [0.25, 0.3) is 5.91 Å². The lowest BCUT2D eigenvalue weighted by molar-refractivity contribution is -0.0132. The fourth-order valence-corrected chi connectivity index (χ4v) is 10.7. The van der Waals surface area contributed by atoms with E-state index in [1.54, 1.807) is 65.6 Å². The average molecular weight is 867 g/mol. The summed E-state index contributed by atoms with van der Waals surface area (Å²) in [5.41, 5.74) is 4.31. The first-order valence-electron chi connectivity index (χ1n) is 21.8. The number of hydrogen-bond acceptors (Lipinski definition) is 8. The molecule has 5 aromatic heterocycles. The van der Waals surface area contributed by atoms with E-state index < -0.39 is 22.8 Å². The number of halogens is 2. The van der Waals surface area contributed by atoms with E-state index in [1.807, 2.05) is 10.6 Å². The maximum atomic E-state index is 16.1. The molecule has 2 aliphatic heterocycles. The highest BCUT2D eigenvalue weighted by Crippen LogP contribution is 2.56. The lowest BCUT2D eigenvalue weighted by Crippen LogP contribution is -2.39. The molecule has 2 aliphatic carbocycles. The zero-order chi connectivity index (χ0) is 44.0. The zero-order valence-electron chi connectivity index (χ0n) is 35.7. The maximum absolute atomic E-state index is 16.1. The quantitative estimate of drug-likeness (QED) is 0.187. The van der Waals surface area contributed by atoms with Gasteiger partial charge in [0.05, 0.1) is 46.3 Å². The SMILES string of the molecule is Cc1cc(-n2nc3c(c2-n2ccn(-c4ccc5c(cnn5C)c4F)c2=O)CN(C(=O)c2cc4cc([C@H]5CCOC6(CC6)C5)ccc4n2[C@]2(c4noc(=O)[nH]4)C[C@@H]2C)CC3)cc(C)c1F. The minimum atomic E-state index is -0.837. The molecular formula is C47H44F2N10O5. The van der Waals surface area contributed by atoms with Crippen molar-refractivity contribution in [3.63, 3.8) is 0 Å². The van der Waals surface area contributed by atoms with Crippen LogP contribution < -0.4 is 11.4 Å². The highest BCUT2D eigenvalue weighted by atomic mass is 19.1. The third-order valence-electron chi connectivity index (χ3n) is 14.4. The van der Waals surface area contributed by atoms with E-state index in [2.05, 4.69) is 40.4 Å². The number of aryl methyl sites for hydroxylation is 3. The topological polar surface area (TPSA) is 156 Å². The van der Waals surface area contributed by atoms with E-state index in [0.717, 1.165) is 43.2 Å². The molecule has 3 aromatic carbocycles. The number of H-pyrrole nitrogens is 1. The standard InChI is InChI=1S/C47H44F2N10O5/c1-25-17-31(18-26(2)39(25)48)59-41(57-15-14-56(45(57)62)37-8-7-36-32(40(37)49)23-50-54(36)4)33-24-55(13-9-34(33)52-59)42(60)38-20-30-19-28(29-10-16-63-46(22-29)11-12-46)5-6-35(30)58(38)47(21-27(47)3)43-51-44(61)64-53-43/h5-8,14-15,17-20,23,27,29H,9-13,16,21-22,24H2,1-4H3,(H,51,53,61)/t27-,29-,47+/m0/s1. The molecule has 17 heteroatoms. The molecule has 64 heavy (non-hydrogen) atoms. The zero-order valence-corrected chi connectivity index (χ0v) is 35.7. The average Bonchev–Trinajstić information content (AvgIpc) is 3.71. The van der Waals surface area contributed by atoms with Gasteiger partial charge in [0, 0.05) is 55.5 Å². The first kappa shape index (κ1) is 38.8. The van der Waals surface area contributed by atoms with Crippen molar-refractivity contribution in [3.05, 3.63) is 139 Å². The van der Waals surface area contributed by atoms with E-state index >= 15 is 13.6 Å². The Morgan fingerprint density at radius 1 is 0.953 bits per heavy atom. The number of carbonyl (C=O) groups is 1. The Bertz CT molecular complexity index is 3370. The predicted octanol–water partition coefficient (Wildman–Crippen LogP) is 6.64. The van der Waals surface area contributed by atoms with E-state index in [4.69, 9.17) is 14.4 Å². The molecule has 0 radical (unpaired) electrons. The Hall–Kier alpha value is -6.88. The van der Waals surface area contributed by atoms with Crippen LogP contribution in [-0.2, 0) is 30.3 Å². The van der Waals surface area contributed by atoms with Crippen LogP contribution in [0.15, 0.2) is 81.2 Å². The number of benzene rings is 3. The fourth-order valence-electron chi connectivity index (χ4n) is 10.7. The van der Waals surface area contributed by atoms with Gasteiger partial charge in [0.1, 0.15) is 22.9 Å². The molecule has 3 fully saturated rings. The molecule has 1 N–H and O–H groups in total. The molecule has 2 saturated carbocycles. The van der Waals surface area contributed by atoms with E-state index in [9.17, 15) is 9.59 Å². The molecule has 8 aromatic rings.